The number of pyridine rings is 1. The number of hydrogen-bond acceptors (Lipinski definition) is 7. The fourth-order valence-electron chi connectivity index (χ4n) is 3.79. The van der Waals surface area contributed by atoms with Crippen molar-refractivity contribution in [2.75, 3.05) is 0 Å². The number of fused-ring (bicyclic) bond motifs is 1. The maximum Gasteiger partial charge on any atom is 0.252 e. The van der Waals surface area contributed by atoms with Crippen LogP contribution in [0.2, 0.25) is 0 Å². The number of rotatable bonds is 6. The molecule has 160 valence electrons. The van der Waals surface area contributed by atoms with Gasteiger partial charge in [-0.15, -0.1) is 11.3 Å². The molecule has 1 aliphatic rings. The Kier molecular flexibility index (Phi) is 4.85. The molecule has 1 fully saturated rings. The second-order valence-electron chi connectivity index (χ2n) is 8.40. The average Bonchev–Trinajstić information content (AvgIpc) is 3.14. The Balaban J connectivity index is 1.54. The zero-order chi connectivity index (χ0) is 21.7. The SMILES string of the molecule is Cc1nn(C)c2nc(-c3cccs3)cc(C(=O)NC(c3nc(C4CC4)no3)C(C)C)c12. The highest BCUT2D eigenvalue weighted by atomic mass is 32.1. The van der Waals surface area contributed by atoms with Gasteiger partial charge in [0.15, 0.2) is 11.5 Å². The minimum atomic E-state index is -0.377. The summed E-state index contributed by atoms with van der Waals surface area (Å²) in [6, 6.07) is 5.44. The Labute approximate surface area is 183 Å². The van der Waals surface area contributed by atoms with Gasteiger partial charge in [0, 0.05) is 13.0 Å². The summed E-state index contributed by atoms with van der Waals surface area (Å²) in [5, 5.41) is 14.5. The smallest absolute Gasteiger partial charge is 0.252 e. The number of carbonyl (C=O) groups excluding carboxylic acids is 1. The molecule has 1 unspecified atom stereocenters. The molecular weight excluding hydrogens is 412 g/mol. The van der Waals surface area contributed by atoms with Gasteiger partial charge in [0.25, 0.3) is 5.91 Å². The molecule has 4 heterocycles. The average molecular weight is 437 g/mol. The lowest BCUT2D eigenvalue weighted by atomic mass is 10.0. The third kappa shape index (κ3) is 3.63. The molecule has 1 amide bonds. The highest BCUT2D eigenvalue weighted by molar-refractivity contribution is 7.13. The number of nitrogens with one attached hydrogen (secondary N) is 1. The number of nitrogens with zero attached hydrogens (tertiary/aromatic N) is 5. The zero-order valence-electron chi connectivity index (χ0n) is 17.9. The van der Waals surface area contributed by atoms with E-state index in [0.29, 0.717) is 23.0 Å². The monoisotopic (exact) mass is 436 g/mol. The van der Waals surface area contributed by atoms with Gasteiger partial charge in [0.2, 0.25) is 5.89 Å². The second-order valence-corrected chi connectivity index (χ2v) is 9.35. The molecular formula is C22H24N6O2S. The number of carbonyl (C=O) groups is 1. The van der Waals surface area contributed by atoms with Crippen LogP contribution in [-0.4, -0.2) is 30.8 Å². The fourth-order valence-corrected chi connectivity index (χ4v) is 4.47. The molecule has 1 atom stereocenters. The molecule has 5 rings (SSSR count). The summed E-state index contributed by atoms with van der Waals surface area (Å²) < 4.78 is 7.24. The van der Waals surface area contributed by atoms with Crippen molar-refractivity contribution in [1.29, 1.82) is 0 Å². The van der Waals surface area contributed by atoms with Gasteiger partial charge in [-0.1, -0.05) is 25.1 Å². The van der Waals surface area contributed by atoms with E-state index in [0.717, 1.165) is 40.3 Å². The van der Waals surface area contributed by atoms with Crippen LogP contribution in [0.25, 0.3) is 21.6 Å². The van der Waals surface area contributed by atoms with E-state index in [1.54, 1.807) is 16.0 Å². The highest BCUT2D eigenvalue weighted by Gasteiger charge is 2.32. The summed E-state index contributed by atoms with van der Waals surface area (Å²) in [5.41, 5.74) is 2.75. The van der Waals surface area contributed by atoms with Gasteiger partial charge < -0.3 is 9.84 Å². The molecule has 4 aromatic rings. The molecule has 0 spiro atoms. The standard InChI is InChI=1S/C22H24N6O2S/c1-11(2)18(22-25-19(27-30-22)13-7-8-13)24-21(29)14-10-15(16-6-5-9-31-16)23-20-17(14)12(3)26-28(20)4/h5-6,9-11,13,18H,7-8H2,1-4H3,(H,24,29). The number of amides is 1. The Bertz CT molecular complexity index is 1250. The van der Waals surface area contributed by atoms with E-state index >= 15 is 0 Å². The van der Waals surface area contributed by atoms with Crippen LogP contribution in [0.3, 0.4) is 0 Å². The van der Waals surface area contributed by atoms with Gasteiger partial charge >= 0.3 is 0 Å². The fraction of sp³-hybridized carbons (Fsp3) is 0.409. The predicted octanol–water partition coefficient (Wildman–Crippen LogP) is 4.39. The van der Waals surface area contributed by atoms with Crippen LogP contribution < -0.4 is 5.32 Å². The van der Waals surface area contributed by atoms with E-state index in [1.165, 1.54) is 0 Å². The Hall–Kier alpha value is -3.07. The molecule has 0 aromatic carbocycles. The number of hydrogen-bond donors (Lipinski definition) is 1. The molecule has 1 saturated carbocycles. The minimum absolute atomic E-state index is 0.0838. The third-order valence-corrected chi connectivity index (χ3v) is 6.50. The summed E-state index contributed by atoms with van der Waals surface area (Å²) in [6.07, 6.45) is 2.19. The number of aryl methyl sites for hydroxylation is 2. The predicted molar refractivity (Wildman–Crippen MR) is 118 cm³/mol. The minimum Gasteiger partial charge on any atom is -0.340 e. The summed E-state index contributed by atoms with van der Waals surface area (Å²) >= 11 is 1.59. The topological polar surface area (TPSA) is 98.7 Å². The van der Waals surface area contributed by atoms with Crippen molar-refractivity contribution in [3.63, 3.8) is 0 Å². The number of thiophene rings is 1. The third-order valence-electron chi connectivity index (χ3n) is 5.61. The lowest BCUT2D eigenvalue weighted by molar-refractivity contribution is 0.0915. The van der Waals surface area contributed by atoms with Crippen molar-refractivity contribution in [3.05, 3.63) is 46.6 Å². The normalized spacial score (nSPS) is 15.0. The van der Waals surface area contributed by atoms with Crippen LogP contribution >= 0.6 is 11.3 Å². The molecule has 0 aliphatic heterocycles. The largest absolute Gasteiger partial charge is 0.340 e. The molecule has 1 aliphatic carbocycles. The highest BCUT2D eigenvalue weighted by Crippen LogP contribution is 2.39. The Morgan fingerprint density at radius 2 is 2.13 bits per heavy atom. The summed E-state index contributed by atoms with van der Waals surface area (Å²) in [7, 11) is 1.84. The summed E-state index contributed by atoms with van der Waals surface area (Å²) in [4.78, 5) is 23.9. The molecule has 0 radical (unpaired) electrons. The maximum atomic E-state index is 13.5. The van der Waals surface area contributed by atoms with E-state index in [1.807, 2.05) is 51.4 Å². The van der Waals surface area contributed by atoms with Gasteiger partial charge in [-0.25, -0.2) is 4.98 Å². The van der Waals surface area contributed by atoms with E-state index < -0.39 is 0 Å². The number of aromatic nitrogens is 5. The first-order valence-electron chi connectivity index (χ1n) is 10.4. The lowest BCUT2D eigenvalue weighted by Gasteiger charge is -2.19. The van der Waals surface area contributed by atoms with Crippen molar-refractivity contribution >= 4 is 28.3 Å². The first kappa shape index (κ1) is 19.9. The molecule has 8 nitrogen and oxygen atoms in total. The first-order chi connectivity index (χ1) is 14.9. The zero-order valence-corrected chi connectivity index (χ0v) is 18.7. The van der Waals surface area contributed by atoms with Crippen LogP contribution in [0.4, 0.5) is 0 Å². The molecule has 9 heteroatoms. The van der Waals surface area contributed by atoms with Crippen LogP contribution in [0.5, 0.6) is 0 Å². The lowest BCUT2D eigenvalue weighted by Crippen LogP contribution is -2.32. The summed E-state index contributed by atoms with van der Waals surface area (Å²) in [5.74, 6) is 1.47. The van der Waals surface area contributed by atoms with Gasteiger partial charge in [0.05, 0.1) is 27.2 Å². The van der Waals surface area contributed by atoms with E-state index in [-0.39, 0.29) is 17.9 Å². The van der Waals surface area contributed by atoms with Gasteiger partial charge in [-0.3, -0.25) is 9.48 Å². The van der Waals surface area contributed by atoms with Gasteiger partial charge in [-0.05, 0) is 43.2 Å². The Morgan fingerprint density at radius 1 is 1.32 bits per heavy atom. The van der Waals surface area contributed by atoms with Gasteiger partial charge in [-0.2, -0.15) is 10.1 Å². The van der Waals surface area contributed by atoms with Crippen LogP contribution in [0, 0.1) is 12.8 Å². The van der Waals surface area contributed by atoms with Crippen molar-refractivity contribution in [1.82, 2.24) is 30.2 Å². The van der Waals surface area contributed by atoms with Crippen molar-refractivity contribution in [3.8, 4) is 10.6 Å². The van der Waals surface area contributed by atoms with Crippen LogP contribution in [-0.2, 0) is 7.05 Å². The quantitative estimate of drug-likeness (QED) is 0.481. The van der Waals surface area contributed by atoms with E-state index in [9.17, 15) is 4.79 Å². The van der Waals surface area contributed by atoms with Crippen LogP contribution in [0.15, 0.2) is 28.1 Å². The first-order valence-corrected chi connectivity index (χ1v) is 11.3. The molecule has 4 aromatic heterocycles. The second kappa shape index (κ2) is 7.56. The maximum absolute atomic E-state index is 13.5. The summed E-state index contributed by atoms with van der Waals surface area (Å²) in [6.45, 7) is 5.95. The van der Waals surface area contributed by atoms with Crippen molar-refractivity contribution in [2.24, 2.45) is 13.0 Å². The molecule has 0 bridgehead atoms. The van der Waals surface area contributed by atoms with E-state index in [2.05, 4.69) is 20.6 Å². The molecule has 31 heavy (non-hydrogen) atoms. The molecule has 1 N–H and O–H groups in total. The van der Waals surface area contributed by atoms with Crippen molar-refractivity contribution < 1.29 is 9.32 Å². The Morgan fingerprint density at radius 3 is 2.81 bits per heavy atom. The molecule has 0 saturated heterocycles. The van der Waals surface area contributed by atoms with Gasteiger partial charge in [0.1, 0.15) is 6.04 Å². The van der Waals surface area contributed by atoms with E-state index in [4.69, 9.17) is 9.51 Å². The van der Waals surface area contributed by atoms with Crippen molar-refractivity contribution in [2.45, 2.75) is 45.6 Å². The van der Waals surface area contributed by atoms with Crippen LogP contribution in [0.1, 0.15) is 66.4 Å².